The number of hydrogen-bond acceptors (Lipinski definition) is 3. The summed E-state index contributed by atoms with van der Waals surface area (Å²) in [5, 5.41) is 8.98. The molecule has 1 aromatic rings. The summed E-state index contributed by atoms with van der Waals surface area (Å²) in [4.78, 5) is 14.7. The summed E-state index contributed by atoms with van der Waals surface area (Å²) < 4.78 is 5.43. The highest BCUT2D eigenvalue weighted by atomic mass is 35.5. The van der Waals surface area contributed by atoms with Gasteiger partial charge in [-0.1, -0.05) is 30.9 Å². The summed E-state index contributed by atoms with van der Waals surface area (Å²) in [6.45, 7) is 0.582. The average Bonchev–Trinajstić information content (AvgIpc) is 2.23. The zero-order chi connectivity index (χ0) is 12.3. The third-order valence-corrected chi connectivity index (χ3v) is 3.33. The molecule has 2 rings (SSSR count). The Kier molecular flexibility index (Phi) is 3.84. The second-order valence-electron chi connectivity index (χ2n) is 4.22. The van der Waals surface area contributed by atoms with E-state index in [0.717, 1.165) is 12.3 Å². The van der Waals surface area contributed by atoms with Gasteiger partial charge in [0.05, 0.1) is 11.6 Å². The predicted octanol–water partition coefficient (Wildman–Crippen LogP) is 3.00. The predicted molar refractivity (Wildman–Crippen MR) is 63.7 cm³/mol. The minimum absolute atomic E-state index is 0.129. The maximum absolute atomic E-state index is 10.8. The van der Waals surface area contributed by atoms with Crippen LogP contribution in [0.25, 0.3) is 0 Å². The highest BCUT2D eigenvalue weighted by molar-refractivity contribution is 6.33. The number of carboxylic acid groups (broad SMARTS) is 1. The summed E-state index contributed by atoms with van der Waals surface area (Å²) in [5.41, 5.74) is -0.159. The zero-order valence-electron chi connectivity index (χ0n) is 9.36. The maximum Gasteiger partial charge on any atom is 0.356 e. The molecule has 0 amide bonds. The number of carbonyl (C=O) groups is 1. The molecule has 0 saturated heterocycles. The van der Waals surface area contributed by atoms with Gasteiger partial charge in [0.2, 0.25) is 5.88 Å². The van der Waals surface area contributed by atoms with Crippen molar-refractivity contribution in [2.45, 2.75) is 25.7 Å². The SMILES string of the molecule is O=C(O)c1nc(OCCC2CCC2)ccc1Cl. The van der Waals surface area contributed by atoms with Gasteiger partial charge in [-0.15, -0.1) is 0 Å². The summed E-state index contributed by atoms with van der Waals surface area (Å²) in [6, 6.07) is 3.09. The molecule has 5 heteroatoms. The minimum atomic E-state index is -1.14. The number of halogens is 1. The van der Waals surface area contributed by atoms with E-state index in [-0.39, 0.29) is 10.7 Å². The Balaban J connectivity index is 1.91. The molecule has 1 heterocycles. The van der Waals surface area contributed by atoms with Gasteiger partial charge in [0.15, 0.2) is 5.69 Å². The summed E-state index contributed by atoms with van der Waals surface area (Å²) in [5.74, 6) is -0.0492. The topological polar surface area (TPSA) is 59.4 Å². The van der Waals surface area contributed by atoms with Gasteiger partial charge in [0.25, 0.3) is 0 Å². The first kappa shape index (κ1) is 12.2. The fraction of sp³-hybridized carbons (Fsp3) is 0.500. The van der Waals surface area contributed by atoms with E-state index in [9.17, 15) is 4.79 Å². The van der Waals surface area contributed by atoms with E-state index in [1.54, 1.807) is 6.07 Å². The van der Waals surface area contributed by atoms with Crippen LogP contribution in [0, 0.1) is 5.92 Å². The van der Waals surface area contributed by atoms with Gasteiger partial charge >= 0.3 is 5.97 Å². The van der Waals surface area contributed by atoms with Gasteiger partial charge in [-0.3, -0.25) is 0 Å². The number of hydrogen-bond donors (Lipinski definition) is 1. The van der Waals surface area contributed by atoms with E-state index in [4.69, 9.17) is 21.4 Å². The number of pyridine rings is 1. The first-order valence-electron chi connectivity index (χ1n) is 5.69. The van der Waals surface area contributed by atoms with Gasteiger partial charge in [0, 0.05) is 6.07 Å². The molecule has 1 aromatic heterocycles. The second-order valence-corrected chi connectivity index (χ2v) is 4.63. The molecule has 0 unspecified atom stereocenters. The van der Waals surface area contributed by atoms with Crippen molar-refractivity contribution in [2.75, 3.05) is 6.61 Å². The molecule has 0 atom stereocenters. The molecule has 0 aromatic carbocycles. The van der Waals surface area contributed by atoms with Gasteiger partial charge < -0.3 is 9.84 Å². The highest BCUT2D eigenvalue weighted by Crippen LogP contribution is 2.29. The molecule has 92 valence electrons. The van der Waals surface area contributed by atoms with E-state index in [2.05, 4.69) is 4.98 Å². The number of nitrogens with zero attached hydrogens (tertiary/aromatic N) is 1. The van der Waals surface area contributed by atoms with Crippen molar-refractivity contribution in [3.05, 3.63) is 22.8 Å². The zero-order valence-corrected chi connectivity index (χ0v) is 10.1. The van der Waals surface area contributed by atoms with Crippen LogP contribution in [0.5, 0.6) is 5.88 Å². The normalized spacial score (nSPS) is 15.4. The Bertz CT molecular complexity index is 418. The Morgan fingerprint density at radius 1 is 1.53 bits per heavy atom. The molecule has 1 saturated carbocycles. The van der Waals surface area contributed by atoms with Crippen molar-refractivity contribution in [3.63, 3.8) is 0 Å². The first-order valence-corrected chi connectivity index (χ1v) is 6.07. The summed E-state index contributed by atoms with van der Waals surface area (Å²) in [7, 11) is 0. The van der Waals surface area contributed by atoms with Crippen molar-refractivity contribution in [2.24, 2.45) is 5.92 Å². The Morgan fingerprint density at radius 3 is 2.88 bits per heavy atom. The largest absolute Gasteiger partial charge is 0.478 e. The lowest BCUT2D eigenvalue weighted by Crippen LogP contribution is -2.15. The monoisotopic (exact) mass is 255 g/mol. The number of rotatable bonds is 5. The van der Waals surface area contributed by atoms with E-state index in [1.807, 2.05) is 0 Å². The minimum Gasteiger partial charge on any atom is -0.478 e. The van der Waals surface area contributed by atoms with Crippen LogP contribution in [-0.2, 0) is 0 Å². The van der Waals surface area contributed by atoms with Crippen molar-refractivity contribution >= 4 is 17.6 Å². The molecule has 1 aliphatic rings. The number of aromatic carboxylic acids is 1. The lowest BCUT2D eigenvalue weighted by Gasteiger charge is -2.24. The Hall–Kier alpha value is -1.29. The quantitative estimate of drug-likeness (QED) is 0.879. The standard InChI is InChI=1S/C12H14ClNO3/c13-9-4-5-10(14-11(9)12(15)16)17-7-6-8-2-1-3-8/h4-5,8H,1-3,6-7H2,(H,15,16). The molecular formula is C12H14ClNO3. The highest BCUT2D eigenvalue weighted by Gasteiger charge is 2.17. The van der Waals surface area contributed by atoms with Gasteiger partial charge in [-0.05, 0) is 18.4 Å². The third kappa shape index (κ3) is 3.09. The fourth-order valence-corrected chi connectivity index (χ4v) is 1.95. The maximum atomic E-state index is 10.8. The van der Waals surface area contributed by atoms with E-state index in [0.29, 0.717) is 12.5 Å². The Labute approximate surface area is 105 Å². The van der Waals surface area contributed by atoms with Gasteiger partial charge in [0.1, 0.15) is 0 Å². The number of carboxylic acids is 1. The van der Waals surface area contributed by atoms with E-state index in [1.165, 1.54) is 25.3 Å². The molecule has 1 fully saturated rings. The molecule has 1 aliphatic carbocycles. The van der Waals surface area contributed by atoms with Gasteiger partial charge in [-0.25, -0.2) is 9.78 Å². The molecule has 0 spiro atoms. The van der Waals surface area contributed by atoms with Crippen LogP contribution < -0.4 is 4.74 Å². The van der Waals surface area contributed by atoms with Crippen molar-refractivity contribution < 1.29 is 14.6 Å². The molecule has 4 nitrogen and oxygen atoms in total. The molecule has 0 bridgehead atoms. The van der Waals surface area contributed by atoms with Crippen LogP contribution in [0.2, 0.25) is 5.02 Å². The van der Waals surface area contributed by atoms with Crippen LogP contribution in [-0.4, -0.2) is 22.7 Å². The van der Waals surface area contributed by atoms with Crippen molar-refractivity contribution in [3.8, 4) is 5.88 Å². The first-order chi connectivity index (χ1) is 8.16. The lowest BCUT2D eigenvalue weighted by molar-refractivity contribution is 0.0689. The van der Waals surface area contributed by atoms with Crippen LogP contribution in [0.3, 0.4) is 0 Å². The lowest BCUT2D eigenvalue weighted by atomic mass is 9.83. The number of aromatic nitrogens is 1. The molecular weight excluding hydrogens is 242 g/mol. The average molecular weight is 256 g/mol. The smallest absolute Gasteiger partial charge is 0.356 e. The fourth-order valence-electron chi connectivity index (χ4n) is 1.77. The van der Waals surface area contributed by atoms with Crippen molar-refractivity contribution in [1.29, 1.82) is 0 Å². The molecule has 0 radical (unpaired) electrons. The second kappa shape index (κ2) is 5.36. The molecule has 17 heavy (non-hydrogen) atoms. The summed E-state index contributed by atoms with van der Waals surface area (Å²) in [6.07, 6.45) is 4.87. The molecule has 0 aliphatic heterocycles. The van der Waals surface area contributed by atoms with E-state index >= 15 is 0 Å². The van der Waals surface area contributed by atoms with Gasteiger partial charge in [-0.2, -0.15) is 0 Å². The van der Waals surface area contributed by atoms with Crippen LogP contribution in [0.4, 0.5) is 0 Å². The summed E-state index contributed by atoms with van der Waals surface area (Å²) >= 11 is 5.71. The number of ether oxygens (including phenoxy) is 1. The third-order valence-electron chi connectivity index (χ3n) is 3.02. The van der Waals surface area contributed by atoms with E-state index < -0.39 is 5.97 Å². The van der Waals surface area contributed by atoms with Crippen LogP contribution >= 0.6 is 11.6 Å². The van der Waals surface area contributed by atoms with Crippen LogP contribution in [0.1, 0.15) is 36.2 Å². The van der Waals surface area contributed by atoms with Crippen LogP contribution in [0.15, 0.2) is 12.1 Å². The van der Waals surface area contributed by atoms with Crippen molar-refractivity contribution in [1.82, 2.24) is 4.98 Å². The molecule has 1 N–H and O–H groups in total. The Morgan fingerprint density at radius 2 is 2.29 bits per heavy atom.